The maximum absolute atomic E-state index is 3.67. The smallest absolute Gasteiger partial charge is 0.0411 e. The molecule has 0 N–H and O–H groups in total. The van der Waals surface area contributed by atoms with Crippen LogP contribution < -0.4 is 24.8 Å². The molecule has 0 atom stereocenters. The van der Waals surface area contributed by atoms with Crippen LogP contribution in [-0.2, 0) is 46.9 Å². The molecule has 0 saturated heterocycles. The minimum atomic E-state index is 0. The second-order valence-electron chi connectivity index (χ2n) is 17.8. The van der Waals surface area contributed by atoms with Gasteiger partial charge in [0.15, 0.2) is 0 Å². The van der Waals surface area contributed by atoms with Crippen molar-refractivity contribution in [1.82, 2.24) is 0 Å². The first kappa shape index (κ1) is 40.7. The van der Waals surface area contributed by atoms with Crippen molar-refractivity contribution in [2.45, 2.75) is 103 Å². The minimum Gasteiger partial charge on any atom is -0.210 e. The van der Waals surface area contributed by atoms with Gasteiger partial charge in [-0.05, 0) is 65.4 Å². The van der Waals surface area contributed by atoms with E-state index in [-0.39, 0.29) is 35.6 Å². The predicted molar refractivity (Wildman–Crippen MR) is 209 cm³/mol. The van der Waals surface area contributed by atoms with Gasteiger partial charge in [-0.15, -0.1) is 11.1 Å². The van der Waals surface area contributed by atoms with E-state index in [1.807, 2.05) is 0 Å². The zero-order valence-electron chi connectivity index (χ0n) is 31.9. The van der Waals surface area contributed by atoms with E-state index >= 15 is 0 Å². The zero-order chi connectivity index (χ0) is 35.1. The Labute approximate surface area is 341 Å². The molecule has 5 aromatic rings. The second-order valence-corrected chi connectivity index (χ2v) is 19.0. The molecule has 0 amide bonds. The SMILES string of the molecule is CC(C)(C)c1[c-]c2c(cc1)-c1ccc(C(C)(C)C)cc1C2.[Cl-].[Cl-].[Zr+2]=[C](c1ccccc1)c1ccccc1.c1cc(C23CC4CC(CC(C4)C2)C3)c[cH-]1. The summed E-state index contributed by atoms with van der Waals surface area (Å²) in [6.07, 6.45) is 10.2. The fourth-order valence-corrected chi connectivity index (χ4v) is 10.4. The molecule has 0 aromatic heterocycles. The standard InChI is InChI=1S/C21H25.C15H19.C13H10.2ClH.Zr/c1-20(2,3)16-7-9-18-14(12-16)11-15-13-17(21(4,5)6)8-10-19(15)18;1-2-4-14(3-1)15-8-11-5-12(9-15)7-13(6-11)10-15;1-3-7-12(8-4-1)11-13-9-5-2-6-10-13;;;/h7-10,12H,11H2,1-6H3;1-4,11-13H,5-10H2;1-10H;2*1H;/q2*-1;;;;+2/p-2. The number of halogens is 2. The Balaban J connectivity index is 0.000000151. The van der Waals surface area contributed by atoms with E-state index in [9.17, 15) is 0 Å². The van der Waals surface area contributed by atoms with Crippen molar-refractivity contribution >= 4 is 3.21 Å². The molecule has 0 heterocycles. The molecule has 4 bridgehead atoms. The molecule has 4 fully saturated rings. The maximum Gasteiger partial charge on any atom is -0.0411 e. The summed E-state index contributed by atoms with van der Waals surface area (Å²) in [5.74, 6) is 3.23. The molecule has 10 rings (SSSR count). The summed E-state index contributed by atoms with van der Waals surface area (Å²) in [4.78, 5) is 0. The van der Waals surface area contributed by atoms with Crippen molar-refractivity contribution < 1.29 is 49.0 Å². The monoisotopic (exact) mass is 802 g/mol. The van der Waals surface area contributed by atoms with Crippen LogP contribution in [0.15, 0.2) is 115 Å². The van der Waals surface area contributed by atoms with Crippen LogP contribution in [0.1, 0.15) is 119 Å². The normalized spacial score (nSPS) is 22.0. The van der Waals surface area contributed by atoms with Crippen LogP contribution in [0.5, 0.6) is 0 Å². The Hall–Kier alpha value is -2.44. The summed E-state index contributed by atoms with van der Waals surface area (Å²) in [5, 5.41) is 0. The summed E-state index contributed by atoms with van der Waals surface area (Å²) >= 11 is 1.46. The average Bonchev–Trinajstić information content (AvgIpc) is 3.77. The van der Waals surface area contributed by atoms with E-state index in [0.29, 0.717) is 5.41 Å². The minimum absolute atomic E-state index is 0. The molecule has 0 spiro atoms. The van der Waals surface area contributed by atoms with Gasteiger partial charge < -0.3 is 24.8 Å². The molecule has 5 aliphatic rings. The van der Waals surface area contributed by atoms with Gasteiger partial charge >= 0.3 is 99.2 Å². The molecule has 4 saturated carbocycles. The first-order valence-corrected chi connectivity index (χ1v) is 20.2. The fraction of sp³-hybridized carbons (Fsp3) is 0.388. The molecule has 0 nitrogen and oxygen atoms in total. The third-order valence-electron chi connectivity index (χ3n) is 11.9. The van der Waals surface area contributed by atoms with Crippen molar-refractivity contribution in [3.05, 3.63) is 160 Å². The zero-order valence-corrected chi connectivity index (χ0v) is 35.9. The van der Waals surface area contributed by atoms with Crippen LogP contribution in [0, 0.1) is 23.8 Å². The summed E-state index contributed by atoms with van der Waals surface area (Å²) < 4.78 is 1.42. The van der Waals surface area contributed by atoms with Crippen molar-refractivity contribution in [1.29, 1.82) is 0 Å². The Morgan fingerprint density at radius 2 is 1.21 bits per heavy atom. The topological polar surface area (TPSA) is 0 Å². The Kier molecular flexibility index (Phi) is 12.9. The Morgan fingerprint density at radius 1 is 0.673 bits per heavy atom. The average molecular weight is 805 g/mol. The Bertz CT molecular complexity index is 1790. The van der Waals surface area contributed by atoms with E-state index in [2.05, 4.69) is 163 Å². The van der Waals surface area contributed by atoms with E-state index in [4.69, 9.17) is 0 Å². The van der Waals surface area contributed by atoms with Crippen molar-refractivity contribution in [3.8, 4) is 11.1 Å². The van der Waals surface area contributed by atoms with Gasteiger partial charge in [0.2, 0.25) is 0 Å². The molecular weight excluding hydrogens is 751 g/mol. The van der Waals surface area contributed by atoms with Gasteiger partial charge in [-0.2, -0.15) is 47.5 Å². The van der Waals surface area contributed by atoms with Crippen LogP contribution in [0.25, 0.3) is 11.1 Å². The predicted octanol–water partition coefficient (Wildman–Crippen LogP) is 6.34. The first-order chi connectivity index (χ1) is 23.9. The van der Waals surface area contributed by atoms with Crippen molar-refractivity contribution in [3.63, 3.8) is 0 Å². The second kappa shape index (κ2) is 16.5. The van der Waals surface area contributed by atoms with Gasteiger partial charge in [-0.1, -0.05) is 90.0 Å². The summed E-state index contributed by atoms with van der Waals surface area (Å²) in [7, 11) is 0. The van der Waals surface area contributed by atoms with Crippen molar-refractivity contribution in [2.24, 2.45) is 17.8 Å². The largest absolute Gasteiger partial charge is 0.210 e. The number of hydrogen-bond donors (Lipinski definition) is 0. The summed E-state index contributed by atoms with van der Waals surface area (Å²) in [6.45, 7) is 13.6. The van der Waals surface area contributed by atoms with E-state index in [0.717, 1.165) is 24.2 Å². The van der Waals surface area contributed by atoms with Crippen LogP contribution >= 0.6 is 0 Å². The maximum atomic E-state index is 3.67. The molecule has 52 heavy (non-hydrogen) atoms. The summed E-state index contributed by atoms with van der Waals surface area (Å²) in [5.41, 5.74) is 13.7. The van der Waals surface area contributed by atoms with Crippen molar-refractivity contribution in [2.75, 3.05) is 0 Å². The van der Waals surface area contributed by atoms with Gasteiger partial charge in [0.1, 0.15) is 0 Å². The number of rotatable bonds is 3. The number of benzene rings is 4. The third kappa shape index (κ3) is 8.91. The molecule has 5 aromatic carbocycles. The fourth-order valence-electron chi connectivity index (χ4n) is 9.60. The molecule has 3 heteroatoms. The quantitative estimate of drug-likeness (QED) is 0.184. The van der Waals surface area contributed by atoms with Crippen LogP contribution in [0.4, 0.5) is 0 Å². The van der Waals surface area contributed by atoms with Crippen LogP contribution in [-0.4, -0.2) is 3.21 Å². The van der Waals surface area contributed by atoms with E-state index in [1.165, 1.54) is 91.2 Å². The molecular formula is C49H54Cl2Zr-2. The molecule has 0 aliphatic heterocycles. The molecule has 0 unspecified atom stereocenters. The van der Waals surface area contributed by atoms with Crippen LogP contribution in [0.3, 0.4) is 0 Å². The van der Waals surface area contributed by atoms with Crippen LogP contribution in [0.2, 0.25) is 0 Å². The molecule has 0 radical (unpaired) electrons. The van der Waals surface area contributed by atoms with Gasteiger partial charge in [0.05, 0.1) is 0 Å². The Morgan fingerprint density at radius 3 is 1.69 bits per heavy atom. The molecule has 5 aliphatic carbocycles. The van der Waals surface area contributed by atoms with Gasteiger partial charge in [-0.25, -0.2) is 6.07 Å². The first-order valence-electron chi connectivity index (χ1n) is 19.0. The van der Waals surface area contributed by atoms with Gasteiger partial charge in [0.25, 0.3) is 0 Å². The van der Waals surface area contributed by atoms with Gasteiger partial charge in [-0.3, -0.25) is 0 Å². The number of hydrogen-bond acceptors (Lipinski definition) is 0. The van der Waals surface area contributed by atoms with E-state index < -0.39 is 0 Å². The summed E-state index contributed by atoms with van der Waals surface area (Å²) in [6, 6.07) is 45.5. The van der Waals surface area contributed by atoms with E-state index in [1.54, 1.807) is 24.8 Å². The van der Waals surface area contributed by atoms with Gasteiger partial charge in [0, 0.05) is 0 Å². The number of fused-ring (bicyclic) bond motifs is 3. The molecule has 270 valence electrons. The third-order valence-corrected chi connectivity index (χ3v) is 13.3.